The molecule has 0 radical (unpaired) electrons. The summed E-state index contributed by atoms with van der Waals surface area (Å²) >= 11 is 0. The van der Waals surface area contributed by atoms with E-state index in [1.807, 2.05) is 33.2 Å². The highest BCUT2D eigenvalue weighted by Gasteiger charge is 2.06. The van der Waals surface area contributed by atoms with Crippen LogP contribution in [0.25, 0.3) is 0 Å². The molecule has 0 saturated heterocycles. The third kappa shape index (κ3) is 6.21. The molecule has 0 fully saturated rings. The number of hydrogen-bond donors (Lipinski definition) is 2. The fourth-order valence-electron chi connectivity index (χ4n) is 1.52. The monoisotopic (exact) mass is 293 g/mol. The zero-order valence-electron chi connectivity index (χ0n) is 10.9. The maximum Gasteiger partial charge on any atom is 0.238 e. The van der Waals surface area contributed by atoms with Crippen molar-refractivity contribution in [3.8, 4) is 0 Å². The van der Waals surface area contributed by atoms with Gasteiger partial charge in [-0.25, -0.2) is 0 Å². The van der Waals surface area contributed by atoms with Crippen LogP contribution in [0.1, 0.15) is 11.1 Å². The van der Waals surface area contributed by atoms with Crippen molar-refractivity contribution in [1.29, 1.82) is 0 Å². The molecule has 18 heavy (non-hydrogen) atoms. The Balaban J connectivity index is 0. The van der Waals surface area contributed by atoms with Crippen LogP contribution < -0.4 is 11.1 Å². The van der Waals surface area contributed by atoms with Crippen LogP contribution in [-0.2, 0) is 11.3 Å². The summed E-state index contributed by atoms with van der Waals surface area (Å²) in [5.74, 6) is -0.163. The van der Waals surface area contributed by atoms with Crippen molar-refractivity contribution in [2.75, 3.05) is 26.0 Å². The van der Waals surface area contributed by atoms with E-state index in [4.69, 9.17) is 5.73 Å². The highest BCUT2D eigenvalue weighted by molar-refractivity contribution is 5.92. The quantitative estimate of drug-likeness (QED) is 0.890. The number of carbonyl (C=O) groups is 1. The number of nitrogens with two attached hydrogens (primary N) is 1. The molecule has 0 aromatic heterocycles. The number of rotatable bonds is 4. The summed E-state index contributed by atoms with van der Waals surface area (Å²) in [6.07, 6.45) is 0. The van der Waals surface area contributed by atoms with Gasteiger partial charge >= 0.3 is 0 Å². The molecule has 0 heterocycles. The molecule has 3 N–H and O–H groups in total. The van der Waals surface area contributed by atoms with Crippen LogP contribution in [-0.4, -0.2) is 31.4 Å². The number of amides is 1. The summed E-state index contributed by atoms with van der Waals surface area (Å²) in [5, 5.41) is 2.80. The van der Waals surface area contributed by atoms with Crippen LogP contribution in [0, 0.1) is 6.92 Å². The summed E-state index contributed by atoms with van der Waals surface area (Å²) in [6.45, 7) is 2.84. The molecule has 4 nitrogen and oxygen atoms in total. The average Bonchev–Trinajstić information content (AvgIpc) is 2.21. The van der Waals surface area contributed by atoms with Crippen molar-refractivity contribution in [2.24, 2.45) is 5.73 Å². The van der Waals surface area contributed by atoms with Crippen molar-refractivity contribution >= 4 is 36.4 Å². The number of aryl methyl sites for hydroxylation is 1. The molecule has 0 aliphatic rings. The minimum absolute atomic E-state index is 0. The maximum absolute atomic E-state index is 11.3. The fourth-order valence-corrected chi connectivity index (χ4v) is 1.52. The lowest BCUT2D eigenvalue weighted by atomic mass is 10.1. The van der Waals surface area contributed by atoms with Gasteiger partial charge in [-0.05, 0) is 32.6 Å². The van der Waals surface area contributed by atoms with Crippen LogP contribution in [0.2, 0.25) is 0 Å². The molecule has 0 unspecified atom stereocenters. The third-order valence-electron chi connectivity index (χ3n) is 2.21. The Hall–Kier alpha value is -0.810. The minimum atomic E-state index is -0.163. The van der Waals surface area contributed by atoms with E-state index in [1.165, 1.54) is 5.56 Å². The Morgan fingerprint density at radius 3 is 2.44 bits per heavy atom. The van der Waals surface area contributed by atoms with Gasteiger partial charge in [-0.15, -0.1) is 24.8 Å². The molecule has 0 aliphatic carbocycles. The smallest absolute Gasteiger partial charge is 0.238 e. The lowest BCUT2D eigenvalue weighted by Gasteiger charge is -2.15. The molecule has 0 saturated carbocycles. The first kappa shape index (κ1) is 19.5. The number of carbonyl (C=O) groups excluding carboxylic acids is 1. The normalized spacial score (nSPS) is 9.39. The number of halogens is 2. The lowest BCUT2D eigenvalue weighted by Crippen LogP contribution is -2.23. The largest absolute Gasteiger partial charge is 0.325 e. The number of benzene rings is 1. The molecule has 104 valence electrons. The Morgan fingerprint density at radius 2 is 1.94 bits per heavy atom. The van der Waals surface area contributed by atoms with Gasteiger partial charge in [0, 0.05) is 12.2 Å². The van der Waals surface area contributed by atoms with E-state index in [-0.39, 0.29) is 37.3 Å². The van der Waals surface area contributed by atoms with Gasteiger partial charge in [0.25, 0.3) is 0 Å². The van der Waals surface area contributed by atoms with Crippen LogP contribution in [0.4, 0.5) is 5.69 Å². The summed E-state index contributed by atoms with van der Waals surface area (Å²) in [4.78, 5) is 13.3. The third-order valence-corrected chi connectivity index (χ3v) is 2.21. The molecule has 1 amide bonds. The van der Waals surface area contributed by atoms with Gasteiger partial charge in [0.05, 0.1) is 6.54 Å². The Morgan fingerprint density at radius 1 is 1.33 bits per heavy atom. The molecule has 0 spiro atoms. The predicted molar refractivity (Wildman–Crippen MR) is 80.8 cm³/mol. The van der Waals surface area contributed by atoms with Gasteiger partial charge in [-0.2, -0.15) is 0 Å². The van der Waals surface area contributed by atoms with Gasteiger partial charge in [0.2, 0.25) is 5.91 Å². The molecular weight excluding hydrogens is 273 g/mol. The molecule has 1 rings (SSSR count). The Bertz CT molecular complexity index is 384. The van der Waals surface area contributed by atoms with E-state index in [0.29, 0.717) is 0 Å². The predicted octanol–water partition coefficient (Wildman–Crippen LogP) is 1.80. The topological polar surface area (TPSA) is 58.4 Å². The van der Waals surface area contributed by atoms with Gasteiger partial charge in [0.1, 0.15) is 0 Å². The second-order valence-electron chi connectivity index (χ2n) is 4.15. The zero-order valence-corrected chi connectivity index (χ0v) is 12.5. The fraction of sp³-hybridized carbons (Fsp3) is 0.417. The van der Waals surface area contributed by atoms with E-state index < -0.39 is 0 Å². The van der Waals surface area contributed by atoms with Gasteiger partial charge in [0.15, 0.2) is 0 Å². The van der Waals surface area contributed by atoms with Crippen molar-refractivity contribution in [2.45, 2.75) is 13.5 Å². The van der Waals surface area contributed by atoms with E-state index in [1.54, 1.807) is 0 Å². The van der Waals surface area contributed by atoms with Crippen LogP contribution in [0.5, 0.6) is 0 Å². The number of anilines is 1. The highest BCUT2D eigenvalue weighted by Crippen LogP contribution is 2.18. The van der Waals surface area contributed by atoms with E-state index >= 15 is 0 Å². The molecule has 0 aliphatic heterocycles. The SMILES string of the molecule is Cc1ccc(NC(=O)CN)c(CN(C)C)c1.Cl.Cl. The second kappa shape index (κ2) is 9.16. The average molecular weight is 294 g/mol. The van der Waals surface area contributed by atoms with Crippen molar-refractivity contribution in [1.82, 2.24) is 4.90 Å². The maximum atomic E-state index is 11.3. The van der Waals surface area contributed by atoms with Crippen LogP contribution in [0.3, 0.4) is 0 Å². The van der Waals surface area contributed by atoms with Gasteiger partial charge in [-0.1, -0.05) is 17.7 Å². The molecule has 6 heteroatoms. The van der Waals surface area contributed by atoms with Gasteiger partial charge in [-0.3, -0.25) is 4.79 Å². The van der Waals surface area contributed by atoms with E-state index in [2.05, 4.69) is 16.3 Å². The summed E-state index contributed by atoms with van der Waals surface area (Å²) in [6, 6.07) is 5.97. The van der Waals surface area contributed by atoms with E-state index in [0.717, 1.165) is 17.8 Å². The molecular formula is C12H21Cl2N3O. The first-order valence-electron chi connectivity index (χ1n) is 5.27. The molecule has 1 aromatic rings. The Labute approximate surface area is 121 Å². The zero-order chi connectivity index (χ0) is 12.1. The van der Waals surface area contributed by atoms with Crippen LogP contribution >= 0.6 is 24.8 Å². The van der Waals surface area contributed by atoms with Crippen molar-refractivity contribution in [3.63, 3.8) is 0 Å². The standard InChI is InChI=1S/C12H19N3O.2ClH/c1-9-4-5-11(14-12(16)7-13)10(6-9)8-15(2)3;;/h4-6H,7-8,13H2,1-3H3,(H,14,16);2*1H. The molecule has 0 atom stereocenters. The number of hydrogen-bond acceptors (Lipinski definition) is 3. The summed E-state index contributed by atoms with van der Waals surface area (Å²) in [5.41, 5.74) is 8.41. The van der Waals surface area contributed by atoms with Gasteiger partial charge < -0.3 is 16.0 Å². The van der Waals surface area contributed by atoms with Crippen LogP contribution in [0.15, 0.2) is 18.2 Å². The highest BCUT2D eigenvalue weighted by atomic mass is 35.5. The summed E-state index contributed by atoms with van der Waals surface area (Å²) in [7, 11) is 3.99. The first-order valence-corrected chi connectivity index (χ1v) is 5.27. The minimum Gasteiger partial charge on any atom is -0.325 e. The number of nitrogens with zero attached hydrogens (tertiary/aromatic N) is 1. The second-order valence-corrected chi connectivity index (χ2v) is 4.15. The van der Waals surface area contributed by atoms with Crippen molar-refractivity contribution < 1.29 is 4.79 Å². The van der Waals surface area contributed by atoms with E-state index in [9.17, 15) is 4.79 Å². The lowest BCUT2D eigenvalue weighted by molar-refractivity contribution is -0.114. The van der Waals surface area contributed by atoms with Crippen molar-refractivity contribution in [3.05, 3.63) is 29.3 Å². The Kier molecular flexibility index (Phi) is 9.94. The molecule has 1 aromatic carbocycles. The number of nitrogens with one attached hydrogen (secondary N) is 1. The summed E-state index contributed by atoms with van der Waals surface area (Å²) < 4.78 is 0. The molecule has 0 bridgehead atoms. The first-order chi connectivity index (χ1) is 7.52.